The lowest BCUT2D eigenvalue weighted by Gasteiger charge is -2.04. The van der Waals surface area contributed by atoms with Gasteiger partial charge in [0.25, 0.3) is 0 Å². The Morgan fingerprint density at radius 1 is 1.44 bits per heavy atom. The first-order chi connectivity index (χ1) is 7.22. The molecule has 0 radical (unpaired) electrons. The first-order valence-corrected chi connectivity index (χ1v) is 5.42. The number of aldehydes is 1. The summed E-state index contributed by atoms with van der Waals surface area (Å²) >= 11 is 0. The molecule has 0 bridgehead atoms. The van der Waals surface area contributed by atoms with Crippen molar-refractivity contribution in [1.82, 2.24) is 0 Å². The van der Waals surface area contributed by atoms with Crippen molar-refractivity contribution in [3.63, 3.8) is 0 Å². The van der Waals surface area contributed by atoms with Crippen LogP contribution in [0.15, 0.2) is 0 Å². The Morgan fingerprint density at radius 2 is 1.94 bits per heavy atom. The summed E-state index contributed by atoms with van der Waals surface area (Å²) in [6.45, 7) is -0.955. The zero-order valence-corrected chi connectivity index (χ0v) is 8.99. The fourth-order valence-corrected chi connectivity index (χ4v) is 0.655. The summed E-state index contributed by atoms with van der Waals surface area (Å²) in [4.78, 5) is 35.1. The standard InChI is InChI=1S/C3H7O6P.C3H6O3/c4-1-3(5)2-9-10(6,7)8;4-2-1-3(5)6/h1,3,5H,2H2,(H2,6,7,8);4H,1-2H2,(H,5,6). The highest BCUT2D eigenvalue weighted by molar-refractivity contribution is 7.46. The first-order valence-electron chi connectivity index (χ1n) is 3.89. The van der Waals surface area contributed by atoms with Crippen LogP contribution in [0.1, 0.15) is 6.42 Å². The fraction of sp³-hybridized carbons (Fsp3) is 0.667. The molecule has 9 nitrogen and oxygen atoms in total. The molecule has 5 N–H and O–H groups in total. The van der Waals surface area contributed by atoms with E-state index in [1.54, 1.807) is 0 Å². The number of hydrogen-bond acceptors (Lipinski definition) is 6. The third-order valence-electron chi connectivity index (χ3n) is 0.896. The molecule has 0 saturated heterocycles. The predicted molar refractivity (Wildman–Crippen MR) is 49.4 cm³/mol. The van der Waals surface area contributed by atoms with Gasteiger partial charge < -0.3 is 29.9 Å². The summed E-state index contributed by atoms with van der Waals surface area (Å²) in [5.74, 6) is -0.961. The van der Waals surface area contributed by atoms with Crippen LogP contribution in [0.5, 0.6) is 0 Å². The monoisotopic (exact) mass is 260 g/mol. The molecule has 0 aliphatic heterocycles. The maximum atomic E-state index is 9.90. The van der Waals surface area contributed by atoms with Crippen molar-refractivity contribution in [3.05, 3.63) is 0 Å². The second kappa shape index (κ2) is 9.40. The Balaban J connectivity index is 0. The van der Waals surface area contributed by atoms with E-state index in [0.717, 1.165) is 0 Å². The highest BCUT2D eigenvalue weighted by Crippen LogP contribution is 2.35. The van der Waals surface area contributed by atoms with Crippen LogP contribution in [0, 0.1) is 0 Å². The van der Waals surface area contributed by atoms with Crippen LogP contribution in [0.3, 0.4) is 0 Å². The molecule has 0 aromatic heterocycles. The van der Waals surface area contributed by atoms with E-state index in [4.69, 9.17) is 25.1 Å². The number of aliphatic hydroxyl groups is 2. The second-order valence-corrected chi connectivity index (χ2v) is 3.60. The molecule has 16 heavy (non-hydrogen) atoms. The third kappa shape index (κ3) is 18.9. The van der Waals surface area contributed by atoms with E-state index in [1.807, 2.05) is 0 Å². The number of rotatable bonds is 6. The smallest absolute Gasteiger partial charge is 0.469 e. The Hall–Kier alpha value is -0.830. The van der Waals surface area contributed by atoms with E-state index in [2.05, 4.69) is 4.52 Å². The summed E-state index contributed by atoms with van der Waals surface area (Å²) in [5, 5.41) is 24.0. The molecule has 1 atom stereocenters. The number of aliphatic hydroxyl groups excluding tert-OH is 2. The minimum absolute atomic E-state index is 0.121. The lowest BCUT2D eigenvalue weighted by atomic mass is 10.4. The number of carbonyl (C=O) groups excluding carboxylic acids is 1. The van der Waals surface area contributed by atoms with Crippen LogP contribution in [0.2, 0.25) is 0 Å². The molecule has 96 valence electrons. The van der Waals surface area contributed by atoms with Crippen molar-refractivity contribution in [2.24, 2.45) is 0 Å². The van der Waals surface area contributed by atoms with E-state index in [-0.39, 0.29) is 19.3 Å². The third-order valence-corrected chi connectivity index (χ3v) is 1.38. The highest BCUT2D eigenvalue weighted by Gasteiger charge is 2.15. The quantitative estimate of drug-likeness (QED) is 0.271. The van der Waals surface area contributed by atoms with Crippen LogP contribution >= 0.6 is 7.82 Å². The van der Waals surface area contributed by atoms with Crippen LogP contribution in [-0.2, 0) is 18.7 Å². The molecule has 1 unspecified atom stereocenters. The normalized spacial score (nSPS) is 12.2. The van der Waals surface area contributed by atoms with Crippen molar-refractivity contribution in [2.45, 2.75) is 12.5 Å². The van der Waals surface area contributed by atoms with Crippen LogP contribution in [0.4, 0.5) is 0 Å². The van der Waals surface area contributed by atoms with E-state index in [1.165, 1.54) is 0 Å². The van der Waals surface area contributed by atoms with Gasteiger partial charge in [-0.15, -0.1) is 0 Å². The Kier molecular flexibility index (Phi) is 10.3. The summed E-state index contributed by atoms with van der Waals surface area (Å²) in [6, 6.07) is 0. The van der Waals surface area contributed by atoms with Gasteiger partial charge in [0.2, 0.25) is 0 Å². The molecule has 0 aromatic rings. The molecule has 0 amide bonds. The average molecular weight is 260 g/mol. The van der Waals surface area contributed by atoms with Crippen LogP contribution in [-0.4, -0.2) is 56.7 Å². The van der Waals surface area contributed by atoms with Crippen molar-refractivity contribution in [2.75, 3.05) is 13.2 Å². The van der Waals surface area contributed by atoms with Gasteiger partial charge in [-0.1, -0.05) is 0 Å². The predicted octanol–water partition coefficient (Wildman–Crippen LogP) is -1.89. The van der Waals surface area contributed by atoms with Crippen LogP contribution in [0.25, 0.3) is 0 Å². The molecule has 0 heterocycles. The van der Waals surface area contributed by atoms with Gasteiger partial charge in [0, 0.05) is 0 Å². The molecule has 0 spiro atoms. The molecule has 0 aromatic carbocycles. The lowest BCUT2D eigenvalue weighted by Crippen LogP contribution is -2.15. The van der Waals surface area contributed by atoms with Crippen molar-refractivity contribution >= 4 is 20.1 Å². The van der Waals surface area contributed by atoms with Gasteiger partial charge in [-0.25, -0.2) is 4.57 Å². The number of aliphatic carboxylic acids is 1. The van der Waals surface area contributed by atoms with Crippen molar-refractivity contribution in [3.8, 4) is 0 Å². The molecule has 0 aliphatic carbocycles. The summed E-state index contributed by atoms with van der Waals surface area (Å²) < 4.78 is 13.7. The van der Waals surface area contributed by atoms with Gasteiger partial charge >= 0.3 is 13.8 Å². The molecule has 10 heteroatoms. The Labute approximate surface area is 90.5 Å². The van der Waals surface area contributed by atoms with Gasteiger partial charge in [0.1, 0.15) is 6.10 Å². The molecular weight excluding hydrogens is 247 g/mol. The second-order valence-electron chi connectivity index (χ2n) is 2.36. The van der Waals surface area contributed by atoms with Gasteiger partial charge in [-0.3, -0.25) is 9.32 Å². The topological polar surface area (TPSA) is 162 Å². The largest absolute Gasteiger partial charge is 0.481 e. The maximum absolute atomic E-state index is 9.90. The van der Waals surface area contributed by atoms with E-state index in [9.17, 15) is 14.2 Å². The van der Waals surface area contributed by atoms with Crippen LogP contribution < -0.4 is 0 Å². The number of carbonyl (C=O) groups is 2. The molecule has 0 saturated carbocycles. The number of carboxylic acids is 1. The number of carboxylic acid groups (broad SMARTS) is 1. The molecular formula is C6H13O9P. The van der Waals surface area contributed by atoms with E-state index >= 15 is 0 Å². The minimum Gasteiger partial charge on any atom is -0.481 e. The zero-order valence-electron chi connectivity index (χ0n) is 8.09. The molecule has 0 rings (SSSR count). The van der Waals surface area contributed by atoms with E-state index < -0.39 is 26.5 Å². The van der Waals surface area contributed by atoms with Crippen molar-refractivity contribution < 1.29 is 43.8 Å². The van der Waals surface area contributed by atoms with Gasteiger partial charge in [-0.2, -0.15) is 0 Å². The fourth-order valence-electron chi connectivity index (χ4n) is 0.308. The van der Waals surface area contributed by atoms with E-state index in [0.29, 0.717) is 0 Å². The Morgan fingerprint density at radius 3 is 2.12 bits per heavy atom. The summed E-state index contributed by atoms with van der Waals surface area (Å²) in [7, 11) is -4.55. The maximum Gasteiger partial charge on any atom is 0.469 e. The molecule has 0 fully saturated rings. The van der Waals surface area contributed by atoms with Gasteiger partial charge in [-0.05, 0) is 0 Å². The van der Waals surface area contributed by atoms with Crippen molar-refractivity contribution in [1.29, 1.82) is 0 Å². The highest BCUT2D eigenvalue weighted by atomic mass is 31.2. The Bertz CT molecular complexity index is 246. The lowest BCUT2D eigenvalue weighted by molar-refractivity contribution is -0.137. The summed E-state index contributed by atoms with van der Waals surface area (Å²) in [5.41, 5.74) is 0. The average Bonchev–Trinajstić information content (AvgIpc) is 2.13. The number of phosphoric ester groups is 1. The molecule has 0 aliphatic rings. The first kappa shape index (κ1) is 17.6. The minimum atomic E-state index is -4.55. The SMILES string of the molecule is O=C(O)CCO.O=CC(O)COP(=O)(O)O. The number of hydrogen-bond donors (Lipinski definition) is 5. The number of phosphoric acid groups is 1. The van der Waals surface area contributed by atoms with Gasteiger partial charge in [0.15, 0.2) is 6.29 Å². The zero-order chi connectivity index (χ0) is 13.2. The van der Waals surface area contributed by atoms with Gasteiger partial charge in [0.05, 0.1) is 19.6 Å². The summed E-state index contributed by atoms with van der Waals surface area (Å²) in [6.07, 6.45) is -1.51.